The van der Waals surface area contributed by atoms with Crippen LogP contribution in [0.15, 0.2) is 0 Å². The van der Waals surface area contributed by atoms with E-state index in [-0.39, 0.29) is 5.48 Å². The monoisotopic (exact) mass is 190 g/mol. The third-order valence-electron chi connectivity index (χ3n) is 1.73. The molecule has 0 aromatic rings. The van der Waals surface area contributed by atoms with Crippen LogP contribution >= 0.6 is 0 Å². The highest BCUT2D eigenvalue weighted by Gasteiger charge is 1.86. The Kier molecular flexibility index (Phi) is 20.8. The van der Waals surface area contributed by atoms with Crippen LogP contribution in [0.25, 0.3) is 0 Å². The first-order valence-corrected chi connectivity index (χ1v) is 5.54. The summed E-state index contributed by atoms with van der Waals surface area (Å²) in [7, 11) is 0. The summed E-state index contributed by atoms with van der Waals surface area (Å²) in [4.78, 5) is 0. The Morgan fingerprint density at radius 3 is 0.923 bits per heavy atom. The van der Waals surface area contributed by atoms with Crippen LogP contribution in [-0.4, -0.2) is 5.48 Å². The smallest absolute Gasteiger partial charge is 0.0471 e. The maximum absolute atomic E-state index is 2.25. The summed E-state index contributed by atoms with van der Waals surface area (Å²) in [5.74, 6) is 1.80. The van der Waals surface area contributed by atoms with E-state index >= 15 is 0 Å². The highest BCUT2D eigenvalue weighted by molar-refractivity contribution is 4.39. The van der Waals surface area contributed by atoms with Gasteiger partial charge in [0.05, 0.1) is 0 Å². The minimum absolute atomic E-state index is 0. The van der Waals surface area contributed by atoms with E-state index < -0.39 is 0 Å². The van der Waals surface area contributed by atoms with Gasteiger partial charge >= 0.3 is 0 Å². The average molecular weight is 190 g/mol. The van der Waals surface area contributed by atoms with Crippen molar-refractivity contribution in [2.45, 2.75) is 67.2 Å². The van der Waals surface area contributed by atoms with Crippen LogP contribution in [0.5, 0.6) is 0 Å². The quantitative estimate of drug-likeness (QED) is 0.640. The standard InChI is InChI=1S/2C6H14.H2O/c2*1-4-5-6(2)3;/h2*6H,4-5H2,1-3H3;1H2. The Morgan fingerprint density at radius 2 is 0.923 bits per heavy atom. The predicted octanol–water partition coefficient (Wildman–Crippen LogP) is 4.06. The second-order valence-corrected chi connectivity index (χ2v) is 4.37. The van der Waals surface area contributed by atoms with E-state index in [0.29, 0.717) is 0 Å². The van der Waals surface area contributed by atoms with E-state index in [1.165, 1.54) is 25.7 Å². The molecule has 2 N–H and O–H groups in total. The van der Waals surface area contributed by atoms with Crippen molar-refractivity contribution in [1.82, 2.24) is 0 Å². The average Bonchev–Trinajstić information content (AvgIpc) is 1.87. The van der Waals surface area contributed by atoms with E-state index in [2.05, 4.69) is 41.5 Å². The molecule has 13 heavy (non-hydrogen) atoms. The maximum atomic E-state index is 2.25. The summed E-state index contributed by atoms with van der Waals surface area (Å²) >= 11 is 0. The molecule has 0 rings (SSSR count). The molecule has 0 bridgehead atoms. The van der Waals surface area contributed by atoms with Crippen molar-refractivity contribution in [2.24, 2.45) is 11.8 Å². The fourth-order valence-electron chi connectivity index (χ4n) is 1.15. The SMILES string of the molecule is CCCC(C)C.CCCC(C)C.O. The molecule has 0 spiro atoms. The molecule has 1 nitrogen and oxygen atoms in total. The number of hydrogen-bond donors (Lipinski definition) is 0. The molecule has 0 unspecified atom stereocenters. The fourth-order valence-corrected chi connectivity index (χ4v) is 1.15. The van der Waals surface area contributed by atoms with Crippen LogP contribution in [0.1, 0.15) is 67.2 Å². The topological polar surface area (TPSA) is 31.5 Å². The van der Waals surface area contributed by atoms with Gasteiger partial charge in [-0.05, 0) is 11.8 Å². The van der Waals surface area contributed by atoms with E-state index in [0.717, 1.165) is 11.8 Å². The lowest BCUT2D eigenvalue weighted by Gasteiger charge is -1.95. The Bertz CT molecular complexity index is 57.5. The third-order valence-corrected chi connectivity index (χ3v) is 1.73. The Labute approximate surface area is 85.2 Å². The first-order valence-electron chi connectivity index (χ1n) is 5.54. The van der Waals surface area contributed by atoms with Crippen LogP contribution in [0, 0.1) is 11.8 Å². The molecule has 84 valence electrons. The molecule has 0 radical (unpaired) electrons. The summed E-state index contributed by atoms with van der Waals surface area (Å²) in [5, 5.41) is 0. The highest BCUT2D eigenvalue weighted by Crippen LogP contribution is 2.00. The Balaban J connectivity index is -0.000000143. The van der Waals surface area contributed by atoms with Crippen LogP contribution in [0.3, 0.4) is 0 Å². The molecule has 0 amide bonds. The molecular formula is C12H30O. The first kappa shape index (κ1) is 18.7. The lowest BCUT2D eigenvalue weighted by molar-refractivity contribution is 0.576. The summed E-state index contributed by atoms with van der Waals surface area (Å²) in [6.45, 7) is 13.5. The van der Waals surface area contributed by atoms with Gasteiger partial charge < -0.3 is 5.48 Å². The summed E-state index contributed by atoms with van der Waals surface area (Å²) in [6.07, 6.45) is 5.41. The van der Waals surface area contributed by atoms with Crippen molar-refractivity contribution >= 4 is 0 Å². The normalized spacial score (nSPS) is 9.23. The van der Waals surface area contributed by atoms with Crippen molar-refractivity contribution < 1.29 is 5.48 Å². The van der Waals surface area contributed by atoms with Gasteiger partial charge in [0.2, 0.25) is 0 Å². The first-order chi connectivity index (χ1) is 5.54. The van der Waals surface area contributed by atoms with Crippen molar-refractivity contribution in [1.29, 1.82) is 0 Å². The van der Waals surface area contributed by atoms with Gasteiger partial charge in [-0.25, -0.2) is 0 Å². The van der Waals surface area contributed by atoms with Crippen LogP contribution in [0.4, 0.5) is 0 Å². The third kappa shape index (κ3) is 33.4. The molecule has 0 aliphatic heterocycles. The van der Waals surface area contributed by atoms with Gasteiger partial charge in [0.1, 0.15) is 0 Å². The van der Waals surface area contributed by atoms with Crippen molar-refractivity contribution in [3.05, 3.63) is 0 Å². The fraction of sp³-hybridized carbons (Fsp3) is 1.00. The van der Waals surface area contributed by atoms with E-state index in [9.17, 15) is 0 Å². The van der Waals surface area contributed by atoms with Gasteiger partial charge in [-0.1, -0.05) is 67.2 Å². The summed E-state index contributed by atoms with van der Waals surface area (Å²) in [5.41, 5.74) is 0. The molecule has 0 aliphatic rings. The zero-order valence-electron chi connectivity index (χ0n) is 10.5. The van der Waals surface area contributed by atoms with Gasteiger partial charge in [0.15, 0.2) is 0 Å². The highest BCUT2D eigenvalue weighted by atomic mass is 16.0. The molecule has 1 heteroatoms. The van der Waals surface area contributed by atoms with E-state index in [1.54, 1.807) is 0 Å². The molecule has 0 aliphatic carbocycles. The van der Waals surface area contributed by atoms with Gasteiger partial charge in [0, 0.05) is 0 Å². The molecule has 0 fully saturated rings. The molecule has 0 atom stereocenters. The minimum atomic E-state index is 0. The van der Waals surface area contributed by atoms with Crippen molar-refractivity contribution in [3.8, 4) is 0 Å². The summed E-state index contributed by atoms with van der Waals surface area (Å²) < 4.78 is 0. The van der Waals surface area contributed by atoms with Crippen LogP contribution < -0.4 is 0 Å². The maximum Gasteiger partial charge on any atom is -0.0471 e. The van der Waals surface area contributed by atoms with Crippen LogP contribution in [-0.2, 0) is 0 Å². The van der Waals surface area contributed by atoms with E-state index in [4.69, 9.17) is 0 Å². The largest absolute Gasteiger partial charge is 0.412 e. The van der Waals surface area contributed by atoms with Crippen LogP contribution in [0.2, 0.25) is 0 Å². The lowest BCUT2D eigenvalue weighted by Crippen LogP contribution is -1.81. The predicted molar refractivity (Wildman–Crippen MR) is 63.1 cm³/mol. The van der Waals surface area contributed by atoms with Gasteiger partial charge in [-0.15, -0.1) is 0 Å². The molecule has 0 aromatic heterocycles. The summed E-state index contributed by atoms with van der Waals surface area (Å²) in [6, 6.07) is 0. The second kappa shape index (κ2) is 14.5. The lowest BCUT2D eigenvalue weighted by atomic mass is 10.1. The van der Waals surface area contributed by atoms with Gasteiger partial charge in [-0.3, -0.25) is 0 Å². The molecule has 0 saturated heterocycles. The Hall–Kier alpha value is -0.0400. The zero-order valence-corrected chi connectivity index (χ0v) is 10.5. The van der Waals surface area contributed by atoms with Gasteiger partial charge in [-0.2, -0.15) is 0 Å². The minimum Gasteiger partial charge on any atom is -0.412 e. The van der Waals surface area contributed by atoms with Crippen molar-refractivity contribution in [3.63, 3.8) is 0 Å². The van der Waals surface area contributed by atoms with Crippen molar-refractivity contribution in [2.75, 3.05) is 0 Å². The molecule has 0 aromatic carbocycles. The second-order valence-electron chi connectivity index (χ2n) is 4.37. The Morgan fingerprint density at radius 1 is 0.692 bits per heavy atom. The number of hydrogen-bond acceptors (Lipinski definition) is 0. The van der Waals surface area contributed by atoms with E-state index in [1.807, 2.05) is 0 Å². The number of rotatable bonds is 4. The molecule has 0 heterocycles. The van der Waals surface area contributed by atoms with Gasteiger partial charge in [0.25, 0.3) is 0 Å². The molecular weight excluding hydrogens is 160 g/mol. The molecule has 0 saturated carbocycles. The zero-order chi connectivity index (χ0) is 9.98.